The summed E-state index contributed by atoms with van der Waals surface area (Å²) in [6, 6.07) is 4.63. The minimum absolute atomic E-state index is 0.0292. The Balaban J connectivity index is 1.50. The average Bonchev–Trinajstić information content (AvgIpc) is 3.04. The van der Waals surface area contributed by atoms with Crippen molar-refractivity contribution in [2.75, 3.05) is 26.7 Å². The van der Waals surface area contributed by atoms with Gasteiger partial charge in [0.2, 0.25) is 11.8 Å². The van der Waals surface area contributed by atoms with Crippen LogP contribution in [0.15, 0.2) is 18.2 Å². The van der Waals surface area contributed by atoms with E-state index in [4.69, 9.17) is 4.74 Å². The molecule has 1 aromatic carbocycles. The van der Waals surface area contributed by atoms with Crippen LogP contribution in [-0.2, 0) is 11.8 Å². The van der Waals surface area contributed by atoms with E-state index in [0.717, 1.165) is 5.39 Å². The highest BCUT2D eigenvalue weighted by Gasteiger charge is 2.43. The summed E-state index contributed by atoms with van der Waals surface area (Å²) in [5.41, 5.74) is 1.19. The Bertz CT molecular complexity index is 883. The van der Waals surface area contributed by atoms with E-state index in [1.54, 1.807) is 35.9 Å². The van der Waals surface area contributed by atoms with Crippen molar-refractivity contribution in [1.82, 2.24) is 24.9 Å². The first-order valence-electron chi connectivity index (χ1n) is 7.89. The third-order valence-electron chi connectivity index (χ3n) is 4.61. The standard InChI is InChI=1S/C16H17N5O4/c1-19-15(25-2)11-4-3-9(5-12(11)18-19)14(23)20-7-10(8-20)21-13(22)6-17-16(21)24/h3-5,10H,6-8H2,1-2H3,(H,17,24). The molecule has 0 aliphatic carbocycles. The molecule has 2 aliphatic heterocycles. The van der Waals surface area contributed by atoms with Crippen molar-refractivity contribution in [3.8, 4) is 5.88 Å². The fraction of sp³-hybridized carbons (Fsp3) is 0.375. The Labute approximate surface area is 143 Å². The summed E-state index contributed by atoms with van der Waals surface area (Å²) in [6.07, 6.45) is 0. The van der Waals surface area contributed by atoms with Crippen LogP contribution in [0.2, 0.25) is 0 Å². The Morgan fingerprint density at radius 3 is 2.72 bits per heavy atom. The molecule has 0 spiro atoms. The number of fused-ring (bicyclic) bond motifs is 1. The highest BCUT2D eigenvalue weighted by Crippen LogP contribution is 2.27. The molecule has 9 nitrogen and oxygen atoms in total. The van der Waals surface area contributed by atoms with E-state index in [1.807, 2.05) is 6.07 Å². The summed E-state index contributed by atoms with van der Waals surface area (Å²) < 4.78 is 6.92. The van der Waals surface area contributed by atoms with Crippen molar-refractivity contribution in [3.05, 3.63) is 23.8 Å². The van der Waals surface area contributed by atoms with E-state index in [-0.39, 0.29) is 30.4 Å². The molecule has 2 aromatic rings. The summed E-state index contributed by atoms with van der Waals surface area (Å²) in [7, 11) is 3.35. The molecule has 0 unspecified atom stereocenters. The van der Waals surface area contributed by atoms with E-state index >= 15 is 0 Å². The van der Waals surface area contributed by atoms with E-state index in [1.165, 1.54) is 4.90 Å². The van der Waals surface area contributed by atoms with E-state index in [9.17, 15) is 14.4 Å². The number of amides is 4. The lowest BCUT2D eigenvalue weighted by Crippen LogP contribution is -2.62. The predicted octanol–water partition coefficient (Wildman–Crippen LogP) is -0.0419. The maximum absolute atomic E-state index is 12.6. The van der Waals surface area contributed by atoms with Gasteiger partial charge in [0.25, 0.3) is 5.91 Å². The zero-order chi connectivity index (χ0) is 17.7. The summed E-state index contributed by atoms with van der Waals surface area (Å²) >= 11 is 0. The zero-order valence-electron chi connectivity index (χ0n) is 13.9. The second kappa shape index (κ2) is 5.47. The minimum Gasteiger partial charge on any atom is -0.481 e. The molecule has 0 saturated carbocycles. The predicted molar refractivity (Wildman–Crippen MR) is 87.2 cm³/mol. The summed E-state index contributed by atoms with van der Waals surface area (Å²) in [5, 5.41) is 7.67. The van der Waals surface area contributed by atoms with Gasteiger partial charge in [-0.25, -0.2) is 9.48 Å². The third kappa shape index (κ3) is 2.31. The number of aryl methyl sites for hydroxylation is 1. The number of aromatic nitrogens is 2. The second-order valence-electron chi connectivity index (χ2n) is 6.15. The van der Waals surface area contributed by atoms with Gasteiger partial charge in [-0.3, -0.25) is 14.5 Å². The van der Waals surface area contributed by atoms with Crippen LogP contribution in [0.3, 0.4) is 0 Å². The minimum atomic E-state index is -0.385. The molecular weight excluding hydrogens is 326 g/mol. The first kappa shape index (κ1) is 15.4. The van der Waals surface area contributed by atoms with Crippen LogP contribution in [0.5, 0.6) is 5.88 Å². The fourth-order valence-electron chi connectivity index (χ4n) is 3.32. The smallest absolute Gasteiger partial charge is 0.324 e. The molecule has 4 amide bonds. The van der Waals surface area contributed by atoms with Gasteiger partial charge in [-0.2, -0.15) is 5.10 Å². The molecule has 3 heterocycles. The van der Waals surface area contributed by atoms with Crippen molar-refractivity contribution in [2.24, 2.45) is 7.05 Å². The van der Waals surface area contributed by atoms with Crippen LogP contribution in [0.1, 0.15) is 10.4 Å². The highest BCUT2D eigenvalue weighted by molar-refractivity contribution is 6.03. The summed E-state index contributed by atoms with van der Waals surface area (Å²) in [5.74, 6) is 0.246. The lowest BCUT2D eigenvalue weighted by molar-refractivity contribution is -0.128. The van der Waals surface area contributed by atoms with Crippen LogP contribution in [0.25, 0.3) is 10.9 Å². The van der Waals surface area contributed by atoms with E-state index < -0.39 is 0 Å². The van der Waals surface area contributed by atoms with Crippen molar-refractivity contribution in [2.45, 2.75) is 6.04 Å². The van der Waals surface area contributed by atoms with Crippen LogP contribution in [0, 0.1) is 0 Å². The largest absolute Gasteiger partial charge is 0.481 e. The molecule has 1 aromatic heterocycles. The molecule has 2 aliphatic rings. The Hall–Kier alpha value is -3.10. The number of carbonyl (C=O) groups is 3. The van der Waals surface area contributed by atoms with Crippen LogP contribution in [0.4, 0.5) is 4.79 Å². The fourth-order valence-corrected chi connectivity index (χ4v) is 3.32. The zero-order valence-corrected chi connectivity index (χ0v) is 13.9. The van der Waals surface area contributed by atoms with Gasteiger partial charge in [0.15, 0.2) is 0 Å². The van der Waals surface area contributed by atoms with Gasteiger partial charge in [-0.15, -0.1) is 0 Å². The molecule has 4 rings (SSSR count). The molecular formula is C16H17N5O4. The number of imide groups is 1. The highest BCUT2D eigenvalue weighted by atomic mass is 16.5. The molecule has 25 heavy (non-hydrogen) atoms. The van der Waals surface area contributed by atoms with Crippen molar-refractivity contribution in [1.29, 1.82) is 0 Å². The summed E-state index contributed by atoms with van der Waals surface area (Å²) in [6.45, 7) is 0.727. The number of hydrogen-bond acceptors (Lipinski definition) is 5. The second-order valence-corrected chi connectivity index (χ2v) is 6.15. The van der Waals surface area contributed by atoms with Gasteiger partial charge in [0, 0.05) is 25.7 Å². The number of rotatable bonds is 3. The van der Waals surface area contributed by atoms with Gasteiger partial charge in [-0.1, -0.05) is 0 Å². The molecule has 2 fully saturated rings. The van der Waals surface area contributed by atoms with Gasteiger partial charge in [0.1, 0.15) is 0 Å². The van der Waals surface area contributed by atoms with Crippen molar-refractivity contribution < 1.29 is 19.1 Å². The average molecular weight is 343 g/mol. The van der Waals surface area contributed by atoms with Gasteiger partial charge >= 0.3 is 6.03 Å². The Morgan fingerprint density at radius 1 is 1.32 bits per heavy atom. The van der Waals surface area contributed by atoms with Crippen LogP contribution >= 0.6 is 0 Å². The molecule has 0 radical (unpaired) electrons. The van der Waals surface area contributed by atoms with E-state index in [0.29, 0.717) is 30.0 Å². The molecule has 9 heteroatoms. The maximum Gasteiger partial charge on any atom is 0.324 e. The quantitative estimate of drug-likeness (QED) is 0.789. The van der Waals surface area contributed by atoms with Crippen LogP contribution in [-0.4, -0.2) is 70.2 Å². The van der Waals surface area contributed by atoms with Crippen LogP contribution < -0.4 is 10.1 Å². The van der Waals surface area contributed by atoms with Crippen molar-refractivity contribution in [3.63, 3.8) is 0 Å². The number of carbonyl (C=O) groups excluding carboxylic acids is 3. The molecule has 130 valence electrons. The normalized spacial score (nSPS) is 17.8. The van der Waals surface area contributed by atoms with Gasteiger partial charge < -0.3 is 15.0 Å². The number of ether oxygens (including phenoxy) is 1. The topological polar surface area (TPSA) is 96.8 Å². The summed E-state index contributed by atoms with van der Waals surface area (Å²) in [4.78, 5) is 38.8. The molecule has 1 N–H and O–H groups in total. The number of nitrogens with one attached hydrogen (secondary N) is 1. The maximum atomic E-state index is 12.6. The van der Waals surface area contributed by atoms with Gasteiger partial charge in [-0.05, 0) is 18.2 Å². The van der Waals surface area contributed by atoms with E-state index in [2.05, 4.69) is 10.4 Å². The lowest BCUT2D eigenvalue weighted by atomic mass is 10.0. The number of likely N-dealkylation sites (tertiary alicyclic amines) is 1. The number of hydrogen-bond donors (Lipinski definition) is 1. The SMILES string of the molecule is COc1c2ccc(C(=O)N3CC(N4C(=O)CNC4=O)C3)cc2nn1C. The number of methoxy groups -OCH3 is 1. The first-order chi connectivity index (χ1) is 12.0. The molecule has 0 bridgehead atoms. The van der Waals surface area contributed by atoms with Gasteiger partial charge in [0.05, 0.1) is 30.6 Å². The Morgan fingerprint density at radius 2 is 2.08 bits per heavy atom. The molecule has 0 atom stereocenters. The Kier molecular flexibility index (Phi) is 3.38. The number of nitrogens with zero attached hydrogens (tertiary/aromatic N) is 4. The molecule has 2 saturated heterocycles. The van der Waals surface area contributed by atoms with Crippen molar-refractivity contribution >= 4 is 28.7 Å². The monoisotopic (exact) mass is 343 g/mol. The number of urea groups is 1. The number of benzene rings is 1. The first-order valence-corrected chi connectivity index (χ1v) is 7.89. The third-order valence-corrected chi connectivity index (χ3v) is 4.61. The lowest BCUT2D eigenvalue weighted by Gasteiger charge is -2.42.